The highest BCUT2D eigenvalue weighted by Gasteiger charge is 2.25. The van der Waals surface area contributed by atoms with Crippen molar-refractivity contribution in [3.8, 4) is 17.2 Å². The molecule has 1 fully saturated rings. The van der Waals surface area contributed by atoms with Crippen LogP contribution in [0.5, 0.6) is 17.2 Å². The monoisotopic (exact) mass is 740 g/mol. The highest BCUT2D eigenvalue weighted by atomic mass is 16.5. The normalized spacial score (nSPS) is 15.0. The van der Waals surface area contributed by atoms with E-state index in [0.29, 0.717) is 60.7 Å². The minimum Gasteiger partial charge on any atom is -0.494 e. The SMILES string of the molecule is C=CC(=O)OCCCCCCOc1ccc(C(=O)Oc2ccc([C@H]3CC[C@@H](OC(=O)c4ccc(OCCCCCCOC(=O)C=C)cc4)CC3)cc2)cc1. The maximum atomic E-state index is 12.8. The maximum absolute atomic E-state index is 12.8. The Bertz CT molecular complexity index is 1620. The van der Waals surface area contributed by atoms with Crippen molar-refractivity contribution in [2.24, 2.45) is 0 Å². The molecule has 0 atom stereocenters. The van der Waals surface area contributed by atoms with Gasteiger partial charge in [-0.2, -0.15) is 0 Å². The van der Waals surface area contributed by atoms with Crippen molar-refractivity contribution in [1.82, 2.24) is 0 Å². The van der Waals surface area contributed by atoms with Gasteiger partial charge in [0.1, 0.15) is 23.4 Å². The summed E-state index contributed by atoms with van der Waals surface area (Å²) in [5.41, 5.74) is 2.10. The average Bonchev–Trinajstić information content (AvgIpc) is 3.20. The van der Waals surface area contributed by atoms with Crippen LogP contribution in [-0.4, -0.2) is 56.4 Å². The number of hydrogen-bond acceptors (Lipinski definition) is 10. The molecule has 0 aromatic heterocycles. The Balaban J connectivity index is 1.08. The minimum atomic E-state index is -0.440. The lowest BCUT2D eigenvalue weighted by Crippen LogP contribution is -2.24. The van der Waals surface area contributed by atoms with Gasteiger partial charge in [0.2, 0.25) is 0 Å². The molecule has 1 aliphatic carbocycles. The fourth-order valence-corrected chi connectivity index (χ4v) is 6.04. The van der Waals surface area contributed by atoms with Crippen LogP contribution in [0.25, 0.3) is 0 Å². The molecule has 1 aliphatic rings. The molecule has 10 nitrogen and oxygen atoms in total. The van der Waals surface area contributed by atoms with Gasteiger partial charge in [-0.05, 0) is 149 Å². The van der Waals surface area contributed by atoms with Gasteiger partial charge in [0, 0.05) is 12.2 Å². The molecular formula is C44H52O10. The first-order valence-electron chi connectivity index (χ1n) is 18.9. The summed E-state index contributed by atoms with van der Waals surface area (Å²) in [6.07, 6.45) is 12.7. The molecule has 0 bridgehead atoms. The fraction of sp³-hybridized carbons (Fsp3) is 0.409. The molecule has 0 saturated heterocycles. The number of benzene rings is 3. The molecule has 288 valence electrons. The molecule has 0 heterocycles. The number of carbonyl (C=O) groups is 4. The van der Waals surface area contributed by atoms with Crippen molar-refractivity contribution in [1.29, 1.82) is 0 Å². The lowest BCUT2D eigenvalue weighted by Gasteiger charge is -2.28. The predicted molar refractivity (Wildman–Crippen MR) is 205 cm³/mol. The zero-order chi connectivity index (χ0) is 38.4. The number of unbranched alkanes of at least 4 members (excludes halogenated alkanes) is 6. The summed E-state index contributed by atoms with van der Waals surface area (Å²) in [7, 11) is 0. The summed E-state index contributed by atoms with van der Waals surface area (Å²) < 4.78 is 33.0. The number of hydrogen-bond donors (Lipinski definition) is 0. The molecule has 0 unspecified atom stereocenters. The molecular weight excluding hydrogens is 688 g/mol. The summed E-state index contributed by atoms with van der Waals surface area (Å²) in [6, 6.07) is 21.6. The van der Waals surface area contributed by atoms with Crippen LogP contribution < -0.4 is 14.2 Å². The van der Waals surface area contributed by atoms with Crippen LogP contribution in [-0.2, 0) is 23.8 Å². The number of rotatable bonds is 23. The van der Waals surface area contributed by atoms with E-state index in [4.69, 9.17) is 28.4 Å². The highest BCUT2D eigenvalue weighted by molar-refractivity contribution is 5.91. The largest absolute Gasteiger partial charge is 0.494 e. The van der Waals surface area contributed by atoms with E-state index in [1.807, 2.05) is 24.3 Å². The van der Waals surface area contributed by atoms with Crippen molar-refractivity contribution in [3.63, 3.8) is 0 Å². The molecule has 0 aliphatic heterocycles. The Morgan fingerprint density at radius 2 is 0.944 bits per heavy atom. The van der Waals surface area contributed by atoms with Crippen LogP contribution in [0.3, 0.4) is 0 Å². The summed E-state index contributed by atoms with van der Waals surface area (Å²) in [4.78, 5) is 47.6. The van der Waals surface area contributed by atoms with Crippen LogP contribution in [0.2, 0.25) is 0 Å². The Morgan fingerprint density at radius 1 is 0.519 bits per heavy atom. The molecule has 54 heavy (non-hydrogen) atoms. The van der Waals surface area contributed by atoms with Crippen LogP contribution in [0.1, 0.15) is 109 Å². The molecule has 1 saturated carbocycles. The summed E-state index contributed by atoms with van der Waals surface area (Å²) in [6.45, 7) is 8.68. The zero-order valence-electron chi connectivity index (χ0n) is 31.0. The quantitative estimate of drug-likeness (QED) is 0.0306. The van der Waals surface area contributed by atoms with E-state index in [-0.39, 0.29) is 12.1 Å². The second kappa shape index (κ2) is 23.3. The number of ether oxygens (including phenoxy) is 6. The topological polar surface area (TPSA) is 124 Å². The van der Waals surface area contributed by atoms with Gasteiger partial charge < -0.3 is 28.4 Å². The molecule has 3 aromatic carbocycles. The maximum Gasteiger partial charge on any atom is 0.343 e. The third-order valence-electron chi connectivity index (χ3n) is 9.13. The summed E-state index contributed by atoms with van der Waals surface area (Å²) in [5.74, 6) is 0.642. The Hall–Kier alpha value is -5.38. The van der Waals surface area contributed by atoms with Gasteiger partial charge in [0.15, 0.2) is 0 Å². The van der Waals surface area contributed by atoms with Crippen molar-refractivity contribution >= 4 is 23.9 Å². The van der Waals surface area contributed by atoms with Gasteiger partial charge >= 0.3 is 23.9 Å². The summed E-state index contributed by atoms with van der Waals surface area (Å²) >= 11 is 0. The van der Waals surface area contributed by atoms with E-state index in [1.54, 1.807) is 48.5 Å². The van der Waals surface area contributed by atoms with E-state index >= 15 is 0 Å². The van der Waals surface area contributed by atoms with Gasteiger partial charge in [-0.3, -0.25) is 0 Å². The highest BCUT2D eigenvalue weighted by Crippen LogP contribution is 2.35. The molecule has 4 rings (SSSR count). The predicted octanol–water partition coefficient (Wildman–Crippen LogP) is 9.13. The molecule has 0 amide bonds. The second-order valence-corrected chi connectivity index (χ2v) is 13.2. The molecule has 0 radical (unpaired) electrons. The van der Waals surface area contributed by atoms with E-state index < -0.39 is 17.9 Å². The first-order chi connectivity index (χ1) is 26.3. The van der Waals surface area contributed by atoms with Crippen molar-refractivity contribution in [2.45, 2.75) is 89.1 Å². The van der Waals surface area contributed by atoms with Gasteiger partial charge in [-0.25, -0.2) is 19.2 Å². The van der Waals surface area contributed by atoms with E-state index in [9.17, 15) is 19.2 Å². The van der Waals surface area contributed by atoms with Gasteiger partial charge in [-0.1, -0.05) is 25.3 Å². The van der Waals surface area contributed by atoms with Gasteiger partial charge in [-0.15, -0.1) is 0 Å². The van der Waals surface area contributed by atoms with Crippen molar-refractivity contribution < 1.29 is 47.6 Å². The molecule has 3 aromatic rings. The third-order valence-corrected chi connectivity index (χ3v) is 9.13. The van der Waals surface area contributed by atoms with Crippen molar-refractivity contribution in [3.05, 3.63) is 115 Å². The standard InChI is InChI=1S/C44H52O10/c1-3-41(45)51-31-11-7-5-9-29-49-37-21-17-35(18-22-37)43(47)53-39-25-13-33(14-26-39)34-15-27-40(28-16-34)54-44(48)36-19-23-38(24-20-36)50-30-10-6-8-12-32-52-42(46)4-2/h3-4,13-14,17-26,34,40H,1-2,5-12,15-16,27-32H2/t34-,40+. The van der Waals surface area contributed by atoms with E-state index in [1.165, 1.54) is 11.6 Å². The first-order valence-corrected chi connectivity index (χ1v) is 18.9. The molecule has 10 heteroatoms. The van der Waals surface area contributed by atoms with E-state index in [0.717, 1.165) is 83.1 Å². The third kappa shape index (κ3) is 14.9. The van der Waals surface area contributed by atoms with Crippen molar-refractivity contribution in [2.75, 3.05) is 26.4 Å². The van der Waals surface area contributed by atoms with Crippen LogP contribution in [0.15, 0.2) is 98.1 Å². The van der Waals surface area contributed by atoms with Crippen LogP contribution in [0, 0.1) is 0 Å². The van der Waals surface area contributed by atoms with Crippen LogP contribution in [0.4, 0.5) is 0 Å². The number of carbonyl (C=O) groups excluding carboxylic acids is 4. The lowest BCUT2D eigenvalue weighted by atomic mass is 9.83. The van der Waals surface area contributed by atoms with Crippen LogP contribution >= 0.6 is 0 Å². The first kappa shape index (κ1) is 41.4. The Labute approximate surface area is 318 Å². The lowest BCUT2D eigenvalue weighted by molar-refractivity contribution is -0.138. The smallest absolute Gasteiger partial charge is 0.343 e. The fourth-order valence-electron chi connectivity index (χ4n) is 6.04. The average molecular weight is 741 g/mol. The zero-order valence-corrected chi connectivity index (χ0v) is 31.0. The molecule has 0 N–H and O–H groups in total. The Kier molecular flexibility index (Phi) is 17.9. The van der Waals surface area contributed by atoms with Gasteiger partial charge in [0.05, 0.1) is 37.6 Å². The Morgan fingerprint density at radius 3 is 1.41 bits per heavy atom. The minimum absolute atomic E-state index is 0.131. The summed E-state index contributed by atoms with van der Waals surface area (Å²) in [5, 5.41) is 0. The number of esters is 4. The van der Waals surface area contributed by atoms with E-state index in [2.05, 4.69) is 13.2 Å². The second-order valence-electron chi connectivity index (χ2n) is 13.2. The molecule has 0 spiro atoms. The van der Waals surface area contributed by atoms with Gasteiger partial charge in [0.25, 0.3) is 0 Å².